The first-order valence-electron chi connectivity index (χ1n) is 5.32. The molecule has 0 unspecified atom stereocenters. The number of terminal acetylenes is 1. The topological polar surface area (TPSA) is 24.9 Å². The summed E-state index contributed by atoms with van der Waals surface area (Å²) in [5.74, 6) is 2.71. The minimum Gasteiger partial charge on any atom is -0.369 e. The molecule has 0 spiro atoms. The summed E-state index contributed by atoms with van der Waals surface area (Å²) in [6.45, 7) is 3.91. The Morgan fingerprint density at radius 3 is 2.82 bits per heavy atom. The maximum atomic E-state index is 5.94. The summed E-state index contributed by atoms with van der Waals surface area (Å²) in [7, 11) is 0. The minimum atomic E-state index is -0.395. The summed E-state index contributed by atoms with van der Waals surface area (Å²) in [5, 5.41) is 5.00. The second kappa shape index (κ2) is 4.27. The highest BCUT2D eigenvalue weighted by Gasteiger charge is 2.14. The Balaban J connectivity index is 2.52. The van der Waals surface area contributed by atoms with Gasteiger partial charge in [-0.3, -0.25) is 4.98 Å². The number of anilines is 1. The molecule has 2 rings (SSSR count). The average Bonchev–Trinajstić information content (AvgIpc) is 2.28. The third-order valence-electron chi connectivity index (χ3n) is 2.51. The van der Waals surface area contributed by atoms with Crippen LogP contribution in [0.3, 0.4) is 0 Å². The number of hydrogen-bond acceptors (Lipinski definition) is 2. The van der Waals surface area contributed by atoms with Crippen molar-refractivity contribution in [3.8, 4) is 12.3 Å². The first-order chi connectivity index (χ1) is 8.02. The Hall–Kier alpha value is -1.72. The van der Waals surface area contributed by atoms with Gasteiger partial charge in [0, 0.05) is 22.3 Å². The molecule has 1 aromatic carbocycles. The molecule has 0 atom stereocenters. The Labute approximate surface area is 106 Å². The van der Waals surface area contributed by atoms with Gasteiger partial charge < -0.3 is 5.32 Å². The van der Waals surface area contributed by atoms with E-state index in [1.54, 1.807) is 6.20 Å². The molecule has 0 saturated carbocycles. The molecule has 1 N–H and O–H groups in total. The summed E-state index contributed by atoms with van der Waals surface area (Å²) in [5.41, 5.74) is 1.43. The maximum Gasteiger partial charge on any atom is 0.0927 e. The van der Waals surface area contributed by atoms with E-state index in [1.807, 2.05) is 38.1 Å². The van der Waals surface area contributed by atoms with E-state index in [4.69, 9.17) is 18.0 Å². The number of halogens is 1. The van der Waals surface area contributed by atoms with Crippen LogP contribution in [-0.2, 0) is 0 Å². The lowest BCUT2D eigenvalue weighted by Gasteiger charge is -2.22. The molecule has 86 valence electrons. The minimum absolute atomic E-state index is 0.395. The summed E-state index contributed by atoms with van der Waals surface area (Å²) < 4.78 is 0. The van der Waals surface area contributed by atoms with Crippen LogP contribution in [0.2, 0.25) is 5.02 Å². The standard InChI is InChI=1S/C14H13ClN2/c1-4-14(2,3)17-12-7-8-16-13-9-10(15)5-6-11(12)13/h1,5-9H,2-3H3,(H,16,17). The van der Waals surface area contributed by atoms with Crippen molar-refractivity contribution in [1.82, 2.24) is 4.98 Å². The number of nitrogens with zero attached hydrogens (tertiary/aromatic N) is 1. The monoisotopic (exact) mass is 244 g/mol. The van der Waals surface area contributed by atoms with Crippen LogP contribution in [0.25, 0.3) is 10.9 Å². The maximum absolute atomic E-state index is 5.94. The Morgan fingerprint density at radius 1 is 1.35 bits per heavy atom. The van der Waals surface area contributed by atoms with Gasteiger partial charge in [-0.2, -0.15) is 0 Å². The number of pyridine rings is 1. The first kappa shape index (κ1) is 11.8. The van der Waals surface area contributed by atoms with Crippen LogP contribution in [-0.4, -0.2) is 10.5 Å². The molecule has 0 fully saturated rings. The lowest BCUT2D eigenvalue weighted by Crippen LogP contribution is -2.28. The molecule has 2 nitrogen and oxygen atoms in total. The Bertz CT molecular complexity index is 597. The van der Waals surface area contributed by atoms with E-state index in [0.29, 0.717) is 5.02 Å². The molecular weight excluding hydrogens is 232 g/mol. The van der Waals surface area contributed by atoms with E-state index < -0.39 is 5.54 Å². The lowest BCUT2D eigenvalue weighted by atomic mass is 10.1. The zero-order valence-electron chi connectivity index (χ0n) is 9.79. The van der Waals surface area contributed by atoms with Crippen molar-refractivity contribution in [2.24, 2.45) is 0 Å². The number of fused-ring (bicyclic) bond motifs is 1. The molecule has 0 radical (unpaired) electrons. The highest BCUT2D eigenvalue weighted by Crippen LogP contribution is 2.26. The molecular formula is C14H13ClN2. The van der Waals surface area contributed by atoms with Crippen molar-refractivity contribution in [3.05, 3.63) is 35.5 Å². The van der Waals surface area contributed by atoms with Crippen molar-refractivity contribution < 1.29 is 0 Å². The van der Waals surface area contributed by atoms with Gasteiger partial charge in [-0.25, -0.2) is 0 Å². The summed E-state index contributed by atoms with van der Waals surface area (Å²) in [6, 6.07) is 7.54. The number of aromatic nitrogens is 1. The van der Waals surface area contributed by atoms with Gasteiger partial charge in [0.25, 0.3) is 0 Å². The predicted molar refractivity (Wildman–Crippen MR) is 73.3 cm³/mol. The molecule has 0 aliphatic heterocycles. The summed E-state index contributed by atoms with van der Waals surface area (Å²) in [4.78, 5) is 4.28. The van der Waals surface area contributed by atoms with Gasteiger partial charge in [-0.1, -0.05) is 17.5 Å². The van der Waals surface area contributed by atoms with Crippen molar-refractivity contribution in [3.63, 3.8) is 0 Å². The van der Waals surface area contributed by atoms with E-state index >= 15 is 0 Å². The molecule has 0 saturated heterocycles. The Kier molecular flexibility index (Phi) is 2.95. The van der Waals surface area contributed by atoms with E-state index in [0.717, 1.165) is 16.6 Å². The molecule has 0 amide bonds. The van der Waals surface area contributed by atoms with E-state index in [2.05, 4.69) is 16.2 Å². The fourth-order valence-electron chi connectivity index (χ4n) is 1.60. The molecule has 0 aliphatic rings. The molecule has 1 aromatic heterocycles. The van der Waals surface area contributed by atoms with Crippen molar-refractivity contribution in [2.75, 3.05) is 5.32 Å². The van der Waals surface area contributed by atoms with Crippen molar-refractivity contribution in [1.29, 1.82) is 0 Å². The van der Waals surface area contributed by atoms with Gasteiger partial charge in [-0.15, -0.1) is 6.42 Å². The third kappa shape index (κ3) is 2.51. The van der Waals surface area contributed by atoms with Crippen LogP contribution in [0.4, 0.5) is 5.69 Å². The number of hydrogen-bond donors (Lipinski definition) is 1. The second-order valence-electron chi connectivity index (χ2n) is 4.41. The predicted octanol–water partition coefficient (Wildman–Crippen LogP) is 3.71. The fraction of sp³-hybridized carbons (Fsp3) is 0.214. The van der Waals surface area contributed by atoms with Gasteiger partial charge in [0.15, 0.2) is 0 Å². The fourth-order valence-corrected chi connectivity index (χ4v) is 1.77. The van der Waals surface area contributed by atoms with Gasteiger partial charge in [0.2, 0.25) is 0 Å². The highest BCUT2D eigenvalue weighted by molar-refractivity contribution is 6.31. The van der Waals surface area contributed by atoms with Crippen molar-refractivity contribution in [2.45, 2.75) is 19.4 Å². The van der Waals surface area contributed by atoms with Crippen LogP contribution in [0.5, 0.6) is 0 Å². The van der Waals surface area contributed by atoms with Gasteiger partial charge >= 0.3 is 0 Å². The zero-order chi connectivity index (χ0) is 12.5. The summed E-state index contributed by atoms with van der Waals surface area (Å²) in [6.07, 6.45) is 7.22. The van der Waals surface area contributed by atoms with Crippen LogP contribution in [0, 0.1) is 12.3 Å². The number of rotatable bonds is 2. The van der Waals surface area contributed by atoms with Crippen LogP contribution in [0.1, 0.15) is 13.8 Å². The Morgan fingerprint density at radius 2 is 2.12 bits per heavy atom. The summed E-state index contributed by atoms with van der Waals surface area (Å²) >= 11 is 5.94. The lowest BCUT2D eigenvalue weighted by molar-refractivity contribution is 0.743. The molecule has 1 heterocycles. The molecule has 0 aliphatic carbocycles. The number of benzene rings is 1. The average molecular weight is 245 g/mol. The molecule has 17 heavy (non-hydrogen) atoms. The largest absolute Gasteiger partial charge is 0.369 e. The van der Waals surface area contributed by atoms with Gasteiger partial charge in [0.1, 0.15) is 0 Å². The van der Waals surface area contributed by atoms with Crippen LogP contribution >= 0.6 is 11.6 Å². The van der Waals surface area contributed by atoms with E-state index in [-0.39, 0.29) is 0 Å². The van der Waals surface area contributed by atoms with E-state index in [9.17, 15) is 0 Å². The smallest absolute Gasteiger partial charge is 0.0927 e. The van der Waals surface area contributed by atoms with Crippen LogP contribution in [0.15, 0.2) is 30.5 Å². The van der Waals surface area contributed by atoms with E-state index in [1.165, 1.54) is 0 Å². The first-order valence-corrected chi connectivity index (χ1v) is 5.70. The normalized spacial score (nSPS) is 11.2. The third-order valence-corrected chi connectivity index (χ3v) is 2.75. The second-order valence-corrected chi connectivity index (χ2v) is 4.85. The van der Waals surface area contributed by atoms with Gasteiger partial charge in [-0.05, 0) is 38.1 Å². The molecule has 3 heteroatoms. The molecule has 0 bridgehead atoms. The molecule has 2 aromatic rings. The highest BCUT2D eigenvalue weighted by atomic mass is 35.5. The number of nitrogens with one attached hydrogen (secondary N) is 1. The zero-order valence-corrected chi connectivity index (χ0v) is 10.5. The van der Waals surface area contributed by atoms with Gasteiger partial charge in [0.05, 0.1) is 11.1 Å². The quantitative estimate of drug-likeness (QED) is 0.815. The SMILES string of the molecule is C#CC(C)(C)Nc1ccnc2cc(Cl)ccc12. The van der Waals surface area contributed by atoms with Crippen LogP contribution < -0.4 is 5.32 Å². The van der Waals surface area contributed by atoms with Crippen molar-refractivity contribution >= 4 is 28.2 Å².